The second kappa shape index (κ2) is 7.27. The first kappa shape index (κ1) is 15.7. The number of hydrogen-bond acceptors (Lipinski definition) is 4. The Morgan fingerprint density at radius 2 is 2.16 bits per heavy atom. The van der Waals surface area contributed by atoms with Crippen molar-refractivity contribution in [3.05, 3.63) is 17.0 Å². The van der Waals surface area contributed by atoms with E-state index >= 15 is 0 Å². The monoisotopic (exact) mass is 264 g/mol. The van der Waals surface area contributed by atoms with E-state index < -0.39 is 0 Å². The summed E-state index contributed by atoms with van der Waals surface area (Å²) in [5, 5.41) is 22.4. The minimum absolute atomic E-state index is 0.0352. The lowest BCUT2D eigenvalue weighted by atomic mass is 10.1. The first-order chi connectivity index (χ1) is 9.03. The molecule has 0 aliphatic carbocycles. The average molecular weight is 264 g/mol. The van der Waals surface area contributed by atoms with Crippen molar-refractivity contribution in [2.45, 2.75) is 40.8 Å². The number of nitriles is 1. The lowest BCUT2D eigenvalue weighted by molar-refractivity contribution is 0.258. The summed E-state index contributed by atoms with van der Waals surface area (Å²) in [4.78, 5) is 2.26. The van der Waals surface area contributed by atoms with Gasteiger partial charge in [0.2, 0.25) is 0 Å². The summed E-state index contributed by atoms with van der Waals surface area (Å²) in [6, 6.07) is 2.27. The van der Waals surface area contributed by atoms with Gasteiger partial charge in [0.1, 0.15) is 0 Å². The summed E-state index contributed by atoms with van der Waals surface area (Å²) in [5.41, 5.74) is 3.32. The van der Waals surface area contributed by atoms with Crippen LogP contribution in [0, 0.1) is 31.1 Å². The van der Waals surface area contributed by atoms with Crippen LogP contribution < -0.4 is 0 Å². The summed E-state index contributed by atoms with van der Waals surface area (Å²) in [6.45, 7) is 11.2. The van der Waals surface area contributed by atoms with Crippen molar-refractivity contribution in [2.75, 3.05) is 19.7 Å². The molecule has 1 aromatic heterocycles. The van der Waals surface area contributed by atoms with Crippen LogP contribution in [-0.4, -0.2) is 39.5 Å². The van der Waals surface area contributed by atoms with Gasteiger partial charge in [-0.3, -0.25) is 9.58 Å². The Labute approximate surface area is 115 Å². The van der Waals surface area contributed by atoms with Crippen LogP contribution in [0.1, 0.15) is 30.8 Å². The van der Waals surface area contributed by atoms with Crippen LogP contribution in [0.3, 0.4) is 0 Å². The predicted molar refractivity (Wildman–Crippen MR) is 74.5 cm³/mol. The zero-order valence-corrected chi connectivity index (χ0v) is 12.3. The highest BCUT2D eigenvalue weighted by Crippen LogP contribution is 2.16. The summed E-state index contributed by atoms with van der Waals surface area (Å²) < 4.78 is 1.85. The van der Waals surface area contributed by atoms with Crippen LogP contribution in [0.5, 0.6) is 0 Å². The van der Waals surface area contributed by atoms with E-state index in [0.29, 0.717) is 6.54 Å². The lowest BCUT2D eigenvalue weighted by Crippen LogP contribution is -2.28. The van der Waals surface area contributed by atoms with Crippen molar-refractivity contribution >= 4 is 0 Å². The highest BCUT2D eigenvalue weighted by molar-refractivity contribution is 5.24. The van der Waals surface area contributed by atoms with Gasteiger partial charge in [0.25, 0.3) is 0 Å². The molecule has 1 N–H and O–H groups in total. The molecule has 0 aliphatic heterocycles. The minimum Gasteiger partial charge on any atom is -0.394 e. The molecule has 5 heteroatoms. The number of rotatable bonds is 7. The van der Waals surface area contributed by atoms with Crippen molar-refractivity contribution in [3.8, 4) is 6.07 Å². The minimum atomic E-state index is 0.0352. The highest BCUT2D eigenvalue weighted by Gasteiger charge is 2.15. The maximum Gasteiger partial charge on any atom is 0.0666 e. The standard InChI is InChI=1S/C14H24N4O/c1-5-17(9-11(2)8-15)10-14-12(3)16-18(6-7-19)13(14)4/h11,19H,5-7,9-10H2,1-4H3. The molecule has 0 aliphatic rings. The molecule has 1 heterocycles. The first-order valence-electron chi connectivity index (χ1n) is 6.79. The smallest absolute Gasteiger partial charge is 0.0666 e. The molecule has 19 heavy (non-hydrogen) atoms. The predicted octanol–water partition coefficient (Wildman–Crippen LogP) is 1.47. The van der Waals surface area contributed by atoms with E-state index in [1.54, 1.807) is 0 Å². The van der Waals surface area contributed by atoms with Gasteiger partial charge in [0.15, 0.2) is 0 Å². The Morgan fingerprint density at radius 1 is 1.47 bits per heavy atom. The molecule has 0 bridgehead atoms. The largest absolute Gasteiger partial charge is 0.394 e. The maximum atomic E-state index is 9.02. The van der Waals surface area contributed by atoms with Gasteiger partial charge >= 0.3 is 0 Å². The third kappa shape index (κ3) is 4.05. The van der Waals surface area contributed by atoms with Gasteiger partial charge in [0.05, 0.1) is 30.8 Å². The molecule has 0 spiro atoms. The van der Waals surface area contributed by atoms with Crippen LogP contribution in [0.4, 0.5) is 0 Å². The van der Waals surface area contributed by atoms with Crippen molar-refractivity contribution in [2.24, 2.45) is 5.92 Å². The Bertz CT molecular complexity index is 447. The third-order valence-electron chi connectivity index (χ3n) is 3.42. The molecule has 1 rings (SSSR count). The first-order valence-corrected chi connectivity index (χ1v) is 6.79. The molecule has 1 atom stereocenters. The van der Waals surface area contributed by atoms with Crippen LogP contribution in [0.2, 0.25) is 0 Å². The van der Waals surface area contributed by atoms with E-state index in [4.69, 9.17) is 10.4 Å². The summed E-state index contributed by atoms with van der Waals surface area (Å²) in [7, 11) is 0. The van der Waals surface area contributed by atoms with E-state index in [0.717, 1.165) is 31.0 Å². The average Bonchev–Trinajstić information content (AvgIpc) is 2.65. The molecule has 0 radical (unpaired) electrons. The topological polar surface area (TPSA) is 65.1 Å². The zero-order chi connectivity index (χ0) is 14.4. The third-order valence-corrected chi connectivity index (χ3v) is 3.42. The van der Waals surface area contributed by atoms with Crippen LogP contribution in [0.15, 0.2) is 0 Å². The number of aromatic nitrogens is 2. The molecular formula is C14H24N4O. The quantitative estimate of drug-likeness (QED) is 0.810. The Hall–Kier alpha value is -1.38. The van der Waals surface area contributed by atoms with Crippen LogP contribution >= 0.6 is 0 Å². The van der Waals surface area contributed by atoms with Crippen molar-refractivity contribution in [1.29, 1.82) is 5.26 Å². The van der Waals surface area contributed by atoms with Crippen LogP contribution in [-0.2, 0) is 13.1 Å². The molecule has 0 aromatic carbocycles. The molecule has 1 aromatic rings. The van der Waals surface area contributed by atoms with Gasteiger partial charge in [-0.05, 0) is 27.3 Å². The van der Waals surface area contributed by atoms with Gasteiger partial charge in [-0.15, -0.1) is 0 Å². The van der Waals surface area contributed by atoms with E-state index in [1.165, 1.54) is 5.56 Å². The molecule has 0 saturated heterocycles. The number of aliphatic hydroxyl groups excluding tert-OH is 1. The number of aliphatic hydroxyl groups is 1. The molecule has 0 saturated carbocycles. The van der Waals surface area contributed by atoms with Crippen molar-refractivity contribution in [3.63, 3.8) is 0 Å². The molecule has 1 unspecified atom stereocenters. The highest BCUT2D eigenvalue weighted by atomic mass is 16.3. The van der Waals surface area contributed by atoms with Crippen LogP contribution in [0.25, 0.3) is 0 Å². The molecule has 0 fully saturated rings. The van der Waals surface area contributed by atoms with Gasteiger partial charge in [-0.1, -0.05) is 6.92 Å². The second-order valence-electron chi connectivity index (χ2n) is 4.95. The molecule has 106 valence electrons. The zero-order valence-electron chi connectivity index (χ0n) is 12.3. The van der Waals surface area contributed by atoms with Crippen molar-refractivity contribution in [1.82, 2.24) is 14.7 Å². The Balaban J connectivity index is 2.82. The fourth-order valence-corrected chi connectivity index (χ4v) is 2.23. The summed E-state index contributed by atoms with van der Waals surface area (Å²) >= 11 is 0. The van der Waals surface area contributed by atoms with Gasteiger partial charge in [-0.25, -0.2) is 0 Å². The second-order valence-corrected chi connectivity index (χ2v) is 4.95. The SMILES string of the molecule is CCN(Cc1c(C)nn(CCO)c1C)CC(C)C#N. The lowest BCUT2D eigenvalue weighted by Gasteiger charge is -2.21. The molecular weight excluding hydrogens is 240 g/mol. The summed E-state index contributed by atoms with van der Waals surface area (Å²) in [6.07, 6.45) is 0. The maximum absolute atomic E-state index is 9.02. The fraction of sp³-hybridized carbons (Fsp3) is 0.714. The van der Waals surface area contributed by atoms with Gasteiger partial charge in [0, 0.05) is 24.3 Å². The number of nitrogens with zero attached hydrogens (tertiary/aromatic N) is 4. The van der Waals surface area contributed by atoms with E-state index in [1.807, 2.05) is 25.5 Å². The normalized spacial score (nSPS) is 12.7. The summed E-state index contributed by atoms with van der Waals surface area (Å²) in [5.74, 6) is 0.0352. The fourth-order valence-electron chi connectivity index (χ4n) is 2.23. The number of hydrogen-bond donors (Lipinski definition) is 1. The molecule has 0 amide bonds. The van der Waals surface area contributed by atoms with Gasteiger partial charge < -0.3 is 5.11 Å². The van der Waals surface area contributed by atoms with Crippen molar-refractivity contribution < 1.29 is 5.11 Å². The Kier molecular flexibility index (Phi) is 6.00. The van der Waals surface area contributed by atoms with E-state index in [2.05, 4.69) is 23.0 Å². The van der Waals surface area contributed by atoms with E-state index in [-0.39, 0.29) is 12.5 Å². The Morgan fingerprint density at radius 3 is 2.68 bits per heavy atom. The number of aryl methyl sites for hydroxylation is 1. The molecule has 5 nitrogen and oxygen atoms in total. The van der Waals surface area contributed by atoms with Gasteiger partial charge in [-0.2, -0.15) is 10.4 Å². The van der Waals surface area contributed by atoms with E-state index in [9.17, 15) is 0 Å².